The minimum Gasteiger partial charge on any atom is -0.461 e. The summed E-state index contributed by atoms with van der Waals surface area (Å²) in [4.78, 5) is 41.8. The number of aryl methyl sites for hydroxylation is 1. The number of ether oxygens (including phenoxy) is 2. The Morgan fingerprint density at radius 3 is 2.46 bits per heavy atom. The van der Waals surface area contributed by atoms with Gasteiger partial charge in [0.05, 0.1) is 12.2 Å². The van der Waals surface area contributed by atoms with Crippen molar-refractivity contribution in [3.8, 4) is 0 Å². The maximum atomic E-state index is 12.5. The van der Waals surface area contributed by atoms with Crippen molar-refractivity contribution in [1.82, 2.24) is 9.88 Å². The SMILES string of the molecule is CCOC(=O)c1[nH]c(C)c(C(=O)OCC(=O)N2CC[C@@H]3CCCC[C@H]3C2)c1C. The summed E-state index contributed by atoms with van der Waals surface area (Å²) >= 11 is 0. The summed E-state index contributed by atoms with van der Waals surface area (Å²) in [6, 6.07) is 0. The molecular weight excluding hydrogens is 360 g/mol. The smallest absolute Gasteiger partial charge is 0.355 e. The molecule has 1 aliphatic heterocycles. The molecule has 154 valence electrons. The molecule has 7 nitrogen and oxygen atoms in total. The highest BCUT2D eigenvalue weighted by Gasteiger charge is 2.33. The molecule has 1 aromatic heterocycles. The number of nitrogens with zero attached hydrogens (tertiary/aromatic N) is 1. The molecule has 3 rings (SSSR count). The van der Waals surface area contributed by atoms with Crippen molar-refractivity contribution < 1.29 is 23.9 Å². The Morgan fingerprint density at radius 2 is 1.75 bits per heavy atom. The number of amides is 1. The van der Waals surface area contributed by atoms with Gasteiger partial charge < -0.3 is 19.4 Å². The van der Waals surface area contributed by atoms with Gasteiger partial charge in [-0.25, -0.2) is 9.59 Å². The second-order valence-electron chi connectivity index (χ2n) is 7.85. The van der Waals surface area contributed by atoms with Gasteiger partial charge in [0.2, 0.25) is 0 Å². The quantitative estimate of drug-likeness (QED) is 0.781. The molecule has 1 amide bonds. The fraction of sp³-hybridized carbons (Fsp3) is 0.667. The molecule has 2 fully saturated rings. The standard InChI is InChI=1S/C21H30N2O5/c1-4-27-21(26)19-13(2)18(14(3)22-19)20(25)28-12-17(24)23-10-9-15-7-5-6-8-16(15)11-23/h15-16,22H,4-12H2,1-3H3/t15-,16-/m0/s1. The average Bonchev–Trinajstić information content (AvgIpc) is 3.00. The molecule has 28 heavy (non-hydrogen) atoms. The molecule has 0 spiro atoms. The van der Waals surface area contributed by atoms with E-state index in [0.29, 0.717) is 22.7 Å². The van der Waals surface area contributed by atoms with Gasteiger partial charge in [0.15, 0.2) is 6.61 Å². The van der Waals surface area contributed by atoms with Crippen LogP contribution in [0.25, 0.3) is 0 Å². The van der Waals surface area contributed by atoms with E-state index in [-0.39, 0.29) is 24.8 Å². The Kier molecular flexibility index (Phi) is 6.42. The zero-order valence-electron chi connectivity index (χ0n) is 17.0. The number of likely N-dealkylation sites (tertiary alicyclic amines) is 1. The third-order valence-electron chi connectivity index (χ3n) is 6.09. The number of H-pyrrole nitrogens is 1. The molecule has 1 N–H and O–H groups in total. The monoisotopic (exact) mass is 390 g/mol. The topological polar surface area (TPSA) is 88.7 Å². The molecule has 0 radical (unpaired) electrons. The van der Waals surface area contributed by atoms with Crippen molar-refractivity contribution >= 4 is 17.8 Å². The van der Waals surface area contributed by atoms with Crippen LogP contribution in [-0.2, 0) is 14.3 Å². The van der Waals surface area contributed by atoms with Crippen molar-refractivity contribution in [2.24, 2.45) is 11.8 Å². The van der Waals surface area contributed by atoms with Gasteiger partial charge in [-0.2, -0.15) is 0 Å². The van der Waals surface area contributed by atoms with Gasteiger partial charge in [-0.1, -0.05) is 19.3 Å². The Morgan fingerprint density at radius 1 is 1.04 bits per heavy atom. The molecule has 2 atom stereocenters. The third kappa shape index (κ3) is 4.23. The van der Waals surface area contributed by atoms with E-state index in [1.807, 2.05) is 4.90 Å². The van der Waals surface area contributed by atoms with Gasteiger partial charge in [0.25, 0.3) is 5.91 Å². The molecule has 0 aromatic carbocycles. The van der Waals surface area contributed by atoms with E-state index in [4.69, 9.17) is 9.47 Å². The predicted molar refractivity (Wildman–Crippen MR) is 103 cm³/mol. The predicted octanol–water partition coefficient (Wildman–Crippen LogP) is 3.00. The second kappa shape index (κ2) is 8.80. The van der Waals surface area contributed by atoms with Gasteiger partial charge in [-0.3, -0.25) is 4.79 Å². The van der Waals surface area contributed by atoms with E-state index in [1.165, 1.54) is 25.7 Å². The molecular formula is C21H30N2O5. The van der Waals surface area contributed by atoms with Crippen LogP contribution in [0.3, 0.4) is 0 Å². The van der Waals surface area contributed by atoms with E-state index in [9.17, 15) is 14.4 Å². The molecule has 0 bridgehead atoms. The average molecular weight is 390 g/mol. The van der Waals surface area contributed by atoms with Crippen LogP contribution in [-0.4, -0.2) is 54.0 Å². The largest absolute Gasteiger partial charge is 0.461 e. The second-order valence-corrected chi connectivity index (χ2v) is 7.85. The number of piperidine rings is 1. The fourth-order valence-corrected chi connectivity index (χ4v) is 4.58. The summed E-state index contributed by atoms with van der Waals surface area (Å²) in [6.45, 7) is 6.59. The molecule has 1 saturated carbocycles. The molecule has 7 heteroatoms. The van der Waals surface area contributed by atoms with E-state index in [2.05, 4.69) is 4.98 Å². The number of aromatic nitrogens is 1. The number of hydrogen-bond donors (Lipinski definition) is 1. The molecule has 2 aliphatic rings. The Labute approximate surface area is 165 Å². The first kappa shape index (κ1) is 20.4. The van der Waals surface area contributed by atoms with Crippen LogP contribution in [0.4, 0.5) is 0 Å². The number of carbonyl (C=O) groups is 3. The molecule has 0 unspecified atom stereocenters. The Bertz CT molecular complexity index is 754. The van der Waals surface area contributed by atoms with E-state index < -0.39 is 11.9 Å². The van der Waals surface area contributed by atoms with Gasteiger partial charge in [0, 0.05) is 18.8 Å². The van der Waals surface area contributed by atoms with Gasteiger partial charge >= 0.3 is 11.9 Å². The number of aromatic amines is 1. The lowest BCUT2D eigenvalue weighted by atomic mass is 9.75. The summed E-state index contributed by atoms with van der Waals surface area (Å²) in [6.07, 6.45) is 6.05. The lowest BCUT2D eigenvalue weighted by Crippen LogP contribution is -2.46. The zero-order valence-corrected chi connectivity index (χ0v) is 17.0. The van der Waals surface area contributed by atoms with Crippen LogP contribution in [0.2, 0.25) is 0 Å². The van der Waals surface area contributed by atoms with Crippen LogP contribution in [0.1, 0.15) is 71.1 Å². The van der Waals surface area contributed by atoms with E-state index in [0.717, 1.165) is 25.4 Å². The molecule has 1 saturated heterocycles. The Hall–Kier alpha value is -2.31. The normalized spacial score (nSPS) is 21.8. The number of hydrogen-bond acceptors (Lipinski definition) is 5. The van der Waals surface area contributed by atoms with Gasteiger partial charge in [-0.15, -0.1) is 0 Å². The third-order valence-corrected chi connectivity index (χ3v) is 6.09. The minimum absolute atomic E-state index is 0.145. The lowest BCUT2D eigenvalue weighted by molar-refractivity contribution is -0.137. The number of carbonyl (C=O) groups excluding carboxylic acids is 3. The summed E-state index contributed by atoms with van der Waals surface area (Å²) in [5, 5.41) is 0. The van der Waals surface area contributed by atoms with Crippen LogP contribution in [0, 0.1) is 25.7 Å². The van der Waals surface area contributed by atoms with Crippen LogP contribution in [0.15, 0.2) is 0 Å². The number of nitrogens with one attached hydrogen (secondary N) is 1. The van der Waals surface area contributed by atoms with Crippen molar-refractivity contribution in [2.45, 2.75) is 52.9 Å². The molecule has 1 aromatic rings. The lowest BCUT2D eigenvalue weighted by Gasteiger charge is -2.41. The fourth-order valence-electron chi connectivity index (χ4n) is 4.58. The van der Waals surface area contributed by atoms with Gasteiger partial charge in [-0.05, 0) is 51.0 Å². The van der Waals surface area contributed by atoms with Crippen molar-refractivity contribution in [1.29, 1.82) is 0 Å². The maximum Gasteiger partial charge on any atom is 0.355 e. The minimum atomic E-state index is -0.595. The van der Waals surface area contributed by atoms with Crippen molar-refractivity contribution in [3.63, 3.8) is 0 Å². The number of fused-ring (bicyclic) bond motifs is 1. The highest BCUT2D eigenvalue weighted by molar-refractivity contribution is 5.99. The van der Waals surface area contributed by atoms with Crippen LogP contribution in [0.5, 0.6) is 0 Å². The first-order chi connectivity index (χ1) is 13.4. The molecule has 1 aliphatic carbocycles. The van der Waals surface area contributed by atoms with Crippen molar-refractivity contribution in [2.75, 3.05) is 26.3 Å². The molecule has 2 heterocycles. The van der Waals surface area contributed by atoms with Crippen molar-refractivity contribution in [3.05, 3.63) is 22.5 Å². The highest BCUT2D eigenvalue weighted by Crippen LogP contribution is 2.36. The van der Waals surface area contributed by atoms with Gasteiger partial charge in [0.1, 0.15) is 5.69 Å². The first-order valence-electron chi connectivity index (χ1n) is 10.2. The van der Waals surface area contributed by atoms with E-state index >= 15 is 0 Å². The zero-order chi connectivity index (χ0) is 20.3. The van der Waals surface area contributed by atoms with Crippen LogP contribution < -0.4 is 0 Å². The van der Waals surface area contributed by atoms with Crippen LogP contribution >= 0.6 is 0 Å². The van der Waals surface area contributed by atoms with E-state index in [1.54, 1.807) is 20.8 Å². The maximum absolute atomic E-state index is 12.5. The summed E-state index contributed by atoms with van der Waals surface area (Å²) in [5.41, 5.74) is 1.55. The summed E-state index contributed by atoms with van der Waals surface area (Å²) < 4.78 is 10.3. The summed E-state index contributed by atoms with van der Waals surface area (Å²) in [7, 11) is 0. The highest BCUT2D eigenvalue weighted by atomic mass is 16.5. The Balaban J connectivity index is 1.58. The number of esters is 2. The first-order valence-corrected chi connectivity index (χ1v) is 10.2. The summed E-state index contributed by atoms with van der Waals surface area (Å²) in [5.74, 6) is 0.0837. The number of rotatable bonds is 5.